The fraction of sp³-hybridized carbons (Fsp3) is 0.122. The number of Topliss-reactive ketones (excluding diaryl/α,β-unsaturated/α-hetero) is 1. The van der Waals surface area contributed by atoms with Crippen molar-refractivity contribution in [2.24, 2.45) is 11.8 Å². The van der Waals surface area contributed by atoms with Gasteiger partial charge in [0.1, 0.15) is 0 Å². The first-order valence-electron chi connectivity index (χ1n) is 16.1. The first-order chi connectivity index (χ1) is 24.2. The molecule has 1 aliphatic heterocycles. The van der Waals surface area contributed by atoms with E-state index < -0.39 is 51.1 Å². The van der Waals surface area contributed by atoms with Crippen LogP contribution in [0.4, 0.5) is 11.4 Å². The van der Waals surface area contributed by atoms with Crippen LogP contribution < -0.4 is 9.64 Å². The first-order valence-corrected chi connectivity index (χ1v) is 16.1. The van der Waals surface area contributed by atoms with Gasteiger partial charge in [0, 0.05) is 13.0 Å². The fourth-order valence-corrected chi connectivity index (χ4v) is 8.62. The molecule has 0 N–H and O–H groups in total. The molecular weight excluding hydrogens is 632 g/mol. The van der Waals surface area contributed by atoms with Crippen LogP contribution in [-0.4, -0.2) is 28.5 Å². The van der Waals surface area contributed by atoms with Crippen LogP contribution >= 0.6 is 0 Å². The minimum atomic E-state index is -1.61. The van der Waals surface area contributed by atoms with Crippen molar-refractivity contribution in [2.75, 3.05) is 4.90 Å². The van der Waals surface area contributed by atoms with E-state index in [1.54, 1.807) is 0 Å². The minimum Gasteiger partial charge on any atom is -0.419 e. The molecule has 1 saturated carbocycles. The number of hydrogen-bond acceptors (Lipinski definition) is 7. The van der Waals surface area contributed by atoms with E-state index in [4.69, 9.17) is 4.74 Å². The maximum atomic E-state index is 15.9. The molecule has 9 heteroatoms. The number of benzene rings is 5. The summed E-state index contributed by atoms with van der Waals surface area (Å²) in [5.74, 6) is -5.04. The lowest BCUT2D eigenvalue weighted by Gasteiger charge is -2.39. The largest absolute Gasteiger partial charge is 0.419 e. The molecule has 0 unspecified atom stereocenters. The van der Waals surface area contributed by atoms with Gasteiger partial charge in [-0.2, -0.15) is 0 Å². The lowest BCUT2D eigenvalue weighted by Crippen LogP contribution is -2.45. The fourth-order valence-electron chi connectivity index (χ4n) is 8.62. The number of nitro groups is 1. The second-order valence-electron chi connectivity index (χ2n) is 12.6. The maximum Gasteiger partial charge on any atom is 0.313 e. The molecule has 4 atom stereocenters. The molecular formula is C41H28N2O7. The Balaban J connectivity index is 1.48. The molecule has 0 spiro atoms. The van der Waals surface area contributed by atoms with Gasteiger partial charge >= 0.3 is 11.7 Å². The standard InChI is InChI=1S/C41H28N2O7/c1-25(44)50-32-23-22-30(24-31(32)43(48)49)42-37(45)35-36(38(42)46)41(29-20-12-5-13-21-29)34(27-16-8-3-9-17-27)33(26-14-6-2-7-15-26)40(35,39(41)47)28-18-10-4-11-19-28/h2-24,35-36H,1H3/t35-,36+,40-,41-/m0/s1. The van der Waals surface area contributed by atoms with E-state index in [1.807, 2.05) is 121 Å². The number of anilines is 1. The van der Waals surface area contributed by atoms with Crippen molar-refractivity contribution in [3.05, 3.63) is 172 Å². The second-order valence-corrected chi connectivity index (χ2v) is 12.6. The van der Waals surface area contributed by atoms with Crippen molar-refractivity contribution in [2.45, 2.75) is 17.8 Å². The molecule has 2 amide bonds. The third kappa shape index (κ3) is 4.00. The zero-order valence-electron chi connectivity index (χ0n) is 26.7. The van der Waals surface area contributed by atoms with Gasteiger partial charge in [0.25, 0.3) is 0 Å². The number of ether oxygens (including phenoxy) is 1. The highest BCUT2D eigenvalue weighted by atomic mass is 16.6. The van der Waals surface area contributed by atoms with Crippen LogP contribution in [0, 0.1) is 22.0 Å². The monoisotopic (exact) mass is 660 g/mol. The number of ketones is 1. The number of nitro benzene ring substituents is 1. The third-order valence-electron chi connectivity index (χ3n) is 10.2. The first kappa shape index (κ1) is 30.8. The lowest BCUT2D eigenvalue weighted by atomic mass is 9.59. The molecule has 5 aromatic rings. The van der Waals surface area contributed by atoms with Crippen molar-refractivity contribution in [1.82, 2.24) is 0 Å². The molecule has 2 aliphatic carbocycles. The summed E-state index contributed by atoms with van der Waals surface area (Å²) in [4.78, 5) is 70.2. The van der Waals surface area contributed by atoms with E-state index in [9.17, 15) is 14.9 Å². The van der Waals surface area contributed by atoms with Crippen LogP contribution in [0.15, 0.2) is 140 Å². The molecule has 0 radical (unpaired) electrons. The summed E-state index contributed by atoms with van der Waals surface area (Å²) in [6, 6.07) is 40.8. The Morgan fingerprint density at radius 2 is 1.08 bits per heavy atom. The summed E-state index contributed by atoms with van der Waals surface area (Å²) in [6.07, 6.45) is 0. The number of carbonyl (C=O) groups is 4. The summed E-state index contributed by atoms with van der Waals surface area (Å²) in [5.41, 5.74) is 0.0347. The van der Waals surface area contributed by atoms with E-state index in [0.29, 0.717) is 22.3 Å². The number of allylic oxidation sites excluding steroid dienone is 2. The zero-order valence-corrected chi connectivity index (χ0v) is 26.7. The number of carbonyl (C=O) groups excluding carboxylic acids is 4. The number of hydrogen-bond donors (Lipinski definition) is 0. The Labute approximate surface area is 286 Å². The van der Waals surface area contributed by atoms with Gasteiger partial charge in [-0.15, -0.1) is 0 Å². The van der Waals surface area contributed by atoms with Gasteiger partial charge in [-0.1, -0.05) is 121 Å². The molecule has 2 bridgehead atoms. The molecule has 1 saturated heterocycles. The quantitative estimate of drug-likeness (QED) is 0.0625. The van der Waals surface area contributed by atoms with Gasteiger partial charge in [0.15, 0.2) is 5.78 Å². The highest BCUT2D eigenvalue weighted by Gasteiger charge is 2.82. The number of esters is 1. The van der Waals surface area contributed by atoms with E-state index in [0.717, 1.165) is 29.0 Å². The van der Waals surface area contributed by atoms with Gasteiger partial charge in [0.05, 0.1) is 33.3 Å². The molecule has 9 nitrogen and oxygen atoms in total. The number of amides is 2. The number of nitrogens with zero attached hydrogens (tertiary/aromatic N) is 2. The van der Waals surface area contributed by atoms with Gasteiger partial charge in [-0.05, 0) is 45.5 Å². The van der Waals surface area contributed by atoms with Gasteiger partial charge < -0.3 is 4.74 Å². The molecule has 244 valence electrons. The Morgan fingerprint density at radius 3 is 1.48 bits per heavy atom. The number of rotatable bonds is 7. The summed E-state index contributed by atoms with van der Waals surface area (Å²) in [7, 11) is 0. The summed E-state index contributed by atoms with van der Waals surface area (Å²) in [6.45, 7) is 1.12. The van der Waals surface area contributed by atoms with Gasteiger partial charge in [0.2, 0.25) is 17.6 Å². The molecule has 0 aromatic heterocycles. The van der Waals surface area contributed by atoms with Crippen LogP contribution in [-0.2, 0) is 30.0 Å². The highest BCUT2D eigenvalue weighted by molar-refractivity contribution is 6.39. The smallest absolute Gasteiger partial charge is 0.313 e. The Morgan fingerprint density at radius 1 is 0.660 bits per heavy atom. The minimum absolute atomic E-state index is 0.0576. The number of fused-ring (bicyclic) bond motifs is 5. The predicted octanol–water partition coefficient (Wildman–Crippen LogP) is 6.71. The topological polar surface area (TPSA) is 124 Å². The zero-order chi connectivity index (χ0) is 34.8. The van der Waals surface area contributed by atoms with Crippen molar-refractivity contribution in [3.8, 4) is 5.75 Å². The SMILES string of the molecule is CC(=O)Oc1ccc(N2C(=O)[C@@H]3[C@H](C2=O)[C@@]2(c4ccccc4)C(=O)[C@@]3(c3ccccc3)C(c3ccccc3)=C2c2ccccc2)cc1[N+](=O)[O-]. The molecule has 1 heterocycles. The average molecular weight is 661 g/mol. The van der Waals surface area contributed by atoms with Gasteiger partial charge in [-0.25, -0.2) is 4.90 Å². The Kier molecular flexibility index (Phi) is 6.97. The Bertz CT molecular complexity index is 2150. The van der Waals surface area contributed by atoms with Crippen LogP contribution in [0.2, 0.25) is 0 Å². The third-order valence-corrected chi connectivity index (χ3v) is 10.2. The van der Waals surface area contributed by atoms with Crippen molar-refractivity contribution in [3.63, 3.8) is 0 Å². The molecule has 5 aromatic carbocycles. The predicted molar refractivity (Wildman–Crippen MR) is 185 cm³/mol. The summed E-state index contributed by atoms with van der Waals surface area (Å²) < 4.78 is 5.06. The van der Waals surface area contributed by atoms with Crippen molar-refractivity contribution in [1.29, 1.82) is 0 Å². The van der Waals surface area contributed by atoms with Crippen molar-refractivity contribution >= 4 is 46.1 Å². The van der Waals surface area contributed by atoms with Crippen LogP contribution in [0.25, 0.3) is 11.1 Å². The van der Waals surface area contributed by atoms with Crippen LogP contribution in [0.3, 0.4) is 0 Å². The molecule has 8 rings (SSSR count). The van der Waals surface area contributed by atoms with Gasteiger partial charge in [-0.3, -0.25) is 29.3 Å². The van der Waals surface area contributed by atoms with E-state index in [-0.39, 0.29) is 17.2 Å². The van der Waals surface area contributed by atoms with Crippen molar-refractivity contribution < 1.29 is 28.8 Å². The normalized spacial score (nSPS) is 23.7. The summed E-state index contributed by atoms with van der Waals surface area (Å²) >= 11 is 0. The van der Waals surface area contributed by atoms with Crippen LogP contribution in [0.5, 0.6) is 5.75 Å². The molecule has 50 heavy (non-hydrogen) atoms. The summed E-state index contributed by atoms with van der Waals surface area (Å²) in [5, 5.41) is 12.1. The lowest BCUT2D eigenvalue weighted by molar-refractivity contribution is -0.385. The second kappa shape index (κ2) is 11.3. The number of imide groups is 1. The van der Waals surface area contributed by atoms with E-state index in [2.05, 4.69) is 0 Å². The van der Waals surface area contributed by atoms with Crippen LogP contribution in [0.1, 0.15) is 29.2 Å². The molecule has 3 aliphatic rings. The van der Waals surface area contributed by atoms with E-state index in [1.165, 1.54) is 12.1 Å². The maximum absolute atomic E-state index is 15.9. The average Bonchev–Trinajstić information content (AvgIpc) is 3.65. The Hall–Kier alpha value is -6.48. The van der Waals surface area contributed by atoms with E-state index >= 15 is 14.4 Å². The highest BCUT2D eigenvalue weighted by Crippen LogP contribution is 2.74. The molecule has 2 fully saturated rings.